The van der Waals surface area contributed by atoms with E-state index in [-0.39, 0.29) is 5.69 Å². The Bertz CT molecular complexity index is 998. The van der Waals surface area contributed by atoms with Gasteiger partial charge in [-0.25, -0.2) is 0 Å². The minimum Gasteiger partial charge on any atom is -0.316 e. The molecule has 2 aromatic rings. The molecular weight excluding hydrogens is 434 g/mol. The standard InChI is InChI=1S/C26H33N3O5/c1-2-3-4-5-6-7-19-8-10-20(11-9-19)21-12-14-22(15-13-21)26(30)27-24-17-16-23(28(31)32)18-25(24)29(33)34/h12-20H,2-11H2,1H3,(H,27,30). The van der Waals surface area contributed by atoms with E-state index in [0.29, 0.717) is 11.5 Å². The number of nitro benzene ring substituents is 2. The number of hydrogen-bond donors (Lipinski definition) is 1. The number of amides is 1. The molecule has 0 atom stereocenters. The predicted octanol–water partition coefficient (Wildman–Crippen LogP) is 7.39. The van der Waals surface area contributed by atoms with Gasteiger partial charge in [0.2, 0.25) is 0 Å². The Hall–Kier alpha value is -3.29. The Kier molecular flexibility index (Phi) is 9.13. The van der Waals surface area contributed by atoms with Gasteiger partial charge in [-0.1, -0.05) is 57.6 Å². The van der Waals surface area contributed by atoms with Gasteiger partial charge in [0, 0.05) is 11.6 Å². The van der Waals surface area contributed by atoms with E-state index in [2.05, 4.69) is 12.2 Å². The number of carbonyl (C=O) groups excluding carboxylic acids is 1. The Labute approximate surface area is 200 Å². The molecule has 0 saturated heterocycles. The maximum Gasteiger partial charge on any atom is 0.299 e. The van der Waals surface area contributed by atoms with E-state index in [4.69, 9.17) is 0 Å². The van der Waals surface area contributed by atoms with Crippen molar-refractivity contribution in [3.63, 3.8) is 0 Å². The van der Waals surface area contributed by atoms with Gasteiger partial charge in [-0.05, 0) is 61.3 Å². The zero-order chi connectivity index (χ0) is 24.5. The monoisotopic (exact) mass is 467 g/mol. The van der Waals surface area contributed by atoms with Crippen molar-refractivity contribution in [3.8, 4) is 0 Å². The van der Waals surface area contributed by atoms with E-state index in [1.807, 2.05) is 12.1 Å². The van der Waals surface area contributed by atoms with E-state index in [0.717, 1.165) is 18.1 Å². The molecule has 2 aromatic carbocycles. The molecule has 0 aromatic heterocycles. The first-order valence-electron chi connectivity index (χ1n) is 12.2. The van der Waals surface area contributed by atoms with Crippen LogP contribution in [-0.4, -0.2) is 15.8 Å². The SMILES string of the molecule is CCCCCCCC1CCC(c2ccc(C(=O)Nc3ccc([N+](=O)[O-])cc3[N+](=O)[O-])cc2)CC1. The highest BCUT2D eigenvalue weighted by Crippen LogP contribution is 2.38. The number of nitro groups is 2. The van der Waals surface area contributed by atoms with E-state index in [9.17, 15) is 25.0 Å². The summed E-state index contributed by atoms with van der Waals surface area (Å²) in [6.45, 7) is 2.24. The highest BCUT2D eigenvalue weighted by Gasteiger charge is 2.23. The van der Waals surface area contributed by atoms with Crippen molar-refractivity contribution in [2.75, 3.05) is 5.32 Å². The maximum absolute atomic E-state index is 12.6. The molecule has 1 amide bonds. The smallest absolute Gasteiger partial charge is 0.299 e. The topological polar surface area (TPSA) is 115 Å². The van der Waals surface area contributed by atoms with Crippen LogP contribution in [0.5, 0.6) is 0 Å². The lowest BCUT2D eigenvalue weighted by molar-refractivity contribution is -0.393. The second kappa shape index (κ2) is 12.3. The molecule has 182 valence electrons. The van der Waals surface area contributed by atoms with E-state index < -0.39 is 27.1 Å². The van der Waals surface area contributed by atoms with Gasteiger partial charge < -0.3 is 5.32 Å². The number of unbranched alkanes of at least 4 members (excludes halogenated alkanes) is 4. The molecular formula is C26H33N3O5. The molecule has 8 heteroatoms. The number of non-ortho nitro benzene ring substituents is 1. The number of anilines is 1. The normalized spacial score (nSPS) is 17.8. The quantitative estimate of drug-likeness (QED) is 0.210. The fraction of sp³-hybridized carbons (Fsp3) is 0.500. The first kappa shape index (κ1) is 25.3. The van der Waals surface area contributed by atoms with E-state index in [1.54, 1.807) is 12.1 Å². The summed E-state index contributed by atoms with van der Waals surface area (Å²) in [5.41, 5.74) is 0.621. The van der Waals surface area contributed by atoms with Crippen LogP contribution in [0.2, 0.25) is 0 Å². The van der Waals surface area contributed by atoms with Gasteiger partial charge in [-0.2, -0.15) is 0 Å². The second-order valence-electron chi connectivity index (χ2n) is 9.21. The molecule has 8 nitrogen and oxygen atoms in total. The van der Waals surface area contributed by atoms with Crippen LogP contribution in [0, 0.1) is 26.1 Å². The largest absolute Gasteiger partial charge is 0.316 e. The van der Waals surface area contributed by atoms with Gasteiger partial charge in [0.15, 0.2) is 0 Å². The van der Waals surface area contributed by atoms with Crippen LogP contribution in [0.1, 0.15) is 93.0 Å². The van der Waals surface area contributed by atoms with Gasteiger partial charge in [0.1, 0.15) is 5.69 Å². The molecule has 1 fully saturated rings. The molecule has 0 bridgehead atoms. The molecule has 0 spiro atoms. The Morgan fingerprint density at radius 3 is 2.21 bits per heavy atom. The number of nitrogens with one attached hydrogen (secondary N) is 1. The van der Waals surface area contributed by atoms with Crippen molar-refractivity contribution in [3.05, 3.63) is 73.8 Å². The summed E-state index contributed by atoms with van der Waals surface area (Å²) in [6, 6.07) is 10.6. The second-order valence-corrected chi connectivity index (χ2v) is 9.21. The molecule has 1 saturated carbocycles. The molecule has 0 unspecified atom stereocenters. The van der Waals surface area contributed by atoms with Crippen molar-refractivity contribution in [2.24, 2.45) is 5.92 Å². The lowest BCUT2D eigenvalue weighted by atomic mass is 9.77. The zero-order valence-electron chi connectivity index (χ0n) is 19.7. The van der Waals surface area contributed by atoms with Gasteiger partial charge >= 0.3 is 0 Å². The van der Waals surface area contributed by atoms with Crippen LogP contribution in [0.4, 0.5) is 17.1 Å². The van der Waals surface area contributed by atoms with Crippen LogP contribution >= 0.6 is 0 Å². The van der Waals surface area contributed by atoms with Crippen LogP contribution < -0.4 is 5.32 Å². The van der Waals surface area contributed by atoms with Crippen molar-refractivity contribution >= 4 is 23.0 Å². The molecule has 0 heterocycles. The number of rotatable bonds is 11. The lowest BCUT2D eigenvalue weighted by Gasteiger charge is -2.29. The van der Waals surface area contributed by atoms with Gasteiger partial charge in [-0.3, -0.25) is 25.0 Å². The molecule has 34 heavy (non-hydrogen) atoms. The van der Waals surface area contributed by atoms with Crippen molar-refractivity contribution in [1.82, 2.24) is 0 Å². The summed E-state index contributed by atoms with van der Waals surface area (Å²) in [6.07, 6.45) is 12.8. The van der Waals surface area contributed by atoms with Crippen LogP contribution in [-0.2, 0) is 0 Å². The zero-order valence-corrected chi connectivity index (χ0v) is 19.7. The van der Waals surface area contributed by atoms with Crippen LogP contribution in [0.15, 0.2) is 42.5 Å². The average molecular weight is 468 g/mol. The summed E-state index contributed by atoms with van der Waals surface area (Å²) in [5, 5.41) is 24.7. The Balaban J connectivity index is 1.54. The lowest BCUT2D eigenvalue weighted by Crippen LogP contribution is -2.15. The van der Waals surface area contributed by atoms with Crippen molar-refractivity contribution in [1.29, 1.82) is 0 Å². The summed E-state index contributed by atoms with van der Waals surface area (Å²) in [4.78, 5) is 33.4. The molecule has 1 N–H and O–H groups in total. The number of nitrogens with zero attached hydrogens (tertiary/aromatic N) is 2. The Morgan fingerprint density at radius 2 is 1.59 bits per heavy atom. The average Bonchev–Trinajstić information content (AvgIpc) is 2.84. The summed E-state index contributed by atoms with van der Waals surface area (Å²) in [7, 11) is 0. The Morgan fingerprint density at radius 1 is 0.912 bits per heavy atom. The predicted molar refractivity (Wildman–Crippen MR) is 132 cm³/mol. The first-order valence-corrected chi connectivity index (χ1v) is 12.2. The number of carbonyl (C=O) groups is 1. The molecule has 0 aliphatic heterocycles. The maximum atomic E-state index is 12.6. The summed E-state index contributed by atoms with van der Waals surface area (Å²) >= 11 is 0. The fourth-order valence-corrected chi connectivity index (χ4v) is 4.81. The molecule has 3 rings (SSSR count). The first-order chi connectivity index (χ1) is 16.4. The molecule has 1 aliphatic carbocycles. The number of hydrogen-bond acceptors (Lipinski definition) is 5. The van der Waals surface area contributed by atoms with Gasteiger partial charge in [0.25, 0.3) is 17.3 Å². The minimum absolute atomic E-state index is 0.0716. The third-order valence-corrected chi connectivity index (χ3v) is 6.84. The van der Waals surface area contributed by atoms with Gasteiger partial charge in [0.05, 0.1) is 15.9 Å². The molecule has 1 aliphatic rings. The van der Waals surface area contributed by atoms with Crippen LogP contribution in [0.3, 0.4) is 0 Å². The van der Waals surface area contributed by atoms with E-state index >= 15 is 0 Å². The van der Waals surface area contributed by atoms with Crippen LogP contribution in [0.25, 0.3) is 0 Å². The third kappa shape index (κ3) is 6.85. The number of benzene rings is 2. The minimum atomic E-state index is -0.743. The van der Waals surface area contributed by atoms with Crippen molar-refractivity contribution in [2.45, 2.75) is 77.0 Å². The van der Waals surface area contributed by atoms with Gasteiger partial charge in [-0.15, -0.1) is 0 Å². The van der Waals surface area contributed by atoms with E-state index in [1.165, 1.54) is 75.8 Å². The third-order valence-electron chi connectivity index (χ3n) is 6.84. The highest BCUT2D eigenvalue weighted by molar-refractivity contribution is 6.05. The highest BCUT2D eigenvalue weighted by atomic mass is 16.6. The van der Waals surface area contributed by atoms with Crippen molar-refractivity contribution < 1.29 is 14.6 Å². The fourth-order valence-electron chi connectivity index (χ4n) is 4.81. The molecule has 0 radical (unpaired) electrons. The summed E-state index contributed by atoms with van der Waals surface area (Å²) < 4.78 is 0. The summed E-state index contributed by atoms with van der Waals surface area (Å²) in [5.74, 6) is 0.847.